The van der Waals surface area contributed by atoms with Crippen LogP contribution in [0, 0.1) is 17.8 Å². The zero-order valence-electron chi connectivity index (χ0n) is 25.1. The summed E-state index contributed by atoms with van der Waals surface area (Å²) in [5, 5.41) is 10.5. The molecule has 4 aliphatic rings. The SMILES string of the molecule is C=CCCCCOC(=O)[C@@H]1[C@H]2C(=O)N([C@@H](CO)C(C)C)C(C(=O)N(CC=C)CCN3CCOCC3)C23CC[C@@]1(C)S3. The van der Waals surface area contributed by atoms with Crippen LogP contribution in [0.4, 0.5) is 0 Å². The third-order valence-corrected chi connectivity index (χ3v) is 11.5. The first kappa shape index (κ1) is 32.0. The van der Waals surface area contributed by atoms with Gasteiger partial charge in [0.25, 0.3) is 0 Å². The number of likely N-dealkylation sites (tertiary alicyclic amines) is 1. The maximum absolute atomic E-state index is 14.6. The molecule has 41 heavy (non-hydrogen) atoms. The Morgan fingerprint density at radius 2 is 1.95 bits per heavy atom. The van der Waals surface area contributed by atoms with E-state index in [2.05, 4.69) is 25.0 Å². The summed E-state index contributed by atoms with van der Waals surface area (Å²) in [6.07, 6.45) is 7.48. The summed E-state index contributed by atoms with van der Waals surface area (Å²) in [5.74, 6) is -2.01. The minimum absolute atomic E-state index is 0.0660. The van der Waals surface area contributed by atoms with Crippen molar-refractivity contribution in [1.82, 2.24) is 14.7 Å². The maximum atomic E-state index is 14.6. The first-order chi connectivity index (χ1) is 19.6. The van der Waals surface area contributed by atoms with Gasteiger partial charge in [0, 0.05) is 37.5 Å². The lowest BCUT2D eigenvalue weighted by molar-refractivity contribution is -0.156. The van der Waals surface area contributed by atoms with Crippen molar-refractivity contribution in [3.63, 3.8) is 0 Å². The Morgan fingerprint density at radius 1 is 1.22 bits per heavy atom. The molecule has 4 saturated heterocycles. The summed E-state index contributed by atoms with van der Waals surface area (Å²) in [6.45, 7) is 18.3. The van der Waals surface area contributed by atoms with E-state index in [1.165, 1.54) is 0 Å². The molecule has 4 rings (SSSR count). The van der Waals surface area contributed by atoms with Crippen molar-refractivity contribution in [1.29, 1.82) is 0 Å². The monoisotopic (exact) mass is 591 g/mol. The Hall–Kier alpha value is -1.88. The van der Waals surface area contributed by atoms with Crippen molar-refractivity contribution in [2.24, 2.45) is 17.8 Å². The number of hydrogen-bond acceptors (Lipinski definition) is 8. The van der Waals surface area contributed by atoms with Crippen molar-refractivity contribution in [2.75, 3.05) is 59.2 Å². The average molecular weight is 592 g/mol. The van der Waals surface area contributed by atoms with E-state index >= 15 is 0 Å². The van der Waals surface area contributed by atoms with Crippen molar-refractivity contribution >= 4 is 29.5 Å². The number of carbonyl (C=O) groups excluding carboxylic acids is 3. The van der Waals surface area contributed by atoms with E-state index in [1.54, 1.807) is 27.6 Å². The van der Waals surface area contributed by atoms with E-state index in [0.717, 1.165) is 38.8 Å². The van der Waals surface area contributed by atoms with Crippen molar-refractivity contribution in [2.45, 2.75) is 74.5 Å². The van der Waals surface area contributed by atoms with Crippen LogP contribution in [-0.4, -0.2) is 118 Å². The molecule has 1 spiro atoms. The second-order valence-electron chi connectivity index (χ2n) is 12.4. The second kappa shape index (κ2) is 13.6. The van der Waals surface area contributed by atoms with Crippen molar-refractivity contribution in [3.05, 3.63) is 25.3 Å². The predicted octanol–water partition coefficient (Wildman–Crippen LogP) is 2.73. The van der Waals surface area contributed by atoms with E-state index in [-0.39, 0.29) is 30.3 Å². The van der Waals surface area contributed by atoms with Gasteiger partial charge >= 0.3 is 5.97 Å². The number of thioether (sulfide) groups is 1. The van der Waals surface area contributed by atoms with Crippen molar-refractivity contribution in [3.8, 4) is 0 Å². The molecular formula is C31H49N3O6S. The Balaban J connectivity index is 1.65. The molecule has 0 radical (unpaired) electrons. The van der Waals surface area contributed by atoms with Gasteiger partial charge in [0.1, 0.15) is 6.04 Å². The first-order valence-electron chi connectivity index (χ1n) is 15.3. The van der Waals surface area contributed by atoms with Gasteiger partial charge in [0.05, 0.1) is 49.1 Å². The smallest absolute Gasteiger partial charge is 0.311 e. The Morgan fingerprint density at radius 3 is 2.59 bits per heavy atom. The first-order valence-corrected chi connectivity index (χ1v) is 16.1. The quantitative estimate of drug-likeness (QED) is 0.176. The molecule has 4 fully saturated rings. The number of morpholine rings is 1. The van der Waals surface area contributed by atoms with Crippen molar-refractivity contribution < 1.29 is 29.0 Å². The highest BCUT2D eigenvalue weighted by Crippen LogP contribution is 2.72. The van der Waals surface area contributed by atoms with E-state index in [9.17, 15) is 19.5 Å². The third-order valence-electron chi connectivity index (χ3n) is 9.51. The van der Waals surface area contributed by atoms with Gasteiger partial charge in [-0.05, 0) is 44.9 Å². The van der Waals surface area contributed by atoms with Gasteiger partial charge in [0.2, 0.25) is 11.8 Å². The molecule has 0 saturated carbocycles. The van der Waals surface area contributed by atoms with Gasteiger partial charge in [-0.15, -0.1) is 24.9 Å². The summed E-state index contributed by atoms with van der Waals surface area (Å²) in [5.41, 5.74) is 0. The largest absolute Gasteiger partial charge is 0.465 e. The minimum Gasteiger partial charge on any atom is -0.465 e. The van der Waals surface area contributed by atoms with Gasteiger partial charge in [-0.2, -0.15) is 0 Å². The second-order valence-corrected chi connectivity index (χ2v) is 14.3. The molecule has 2 amide bonds. The molecule has 4 heterocycles. The predicted molar refractivity (Wildman–Crippen MR) is 160 cm³/mol. The average Bonchev–Trinajstić information content (AvgIpc) is 3.52. The number of hydrogen-bond donors (Lipinski definition) is 1. The van der Waals surface area contributed by atoms with Crippen LogP contribution in [0.1, 0.15) is 52.9 Å². The van der Waals surface area contributed by atoms with Crippen LogP contribution in [0.25, 0.3) is 0 Å². The fourth-order valence-electron chi connectivity index (χ4n) is 7.34. The van der Waals surface area contributed by atoms with Gasteiger partial charge in [0.15, 0.2) is 0 Å². The van der Waals surface area contributed by atoms with Crippen LogP contribution in [0.15, 0.2) is 25.3 Å². The number of amides is 2. The number of carbonyl (C=O) groups is 3. The normalized spacial score (nSPS) is 31.8. The number of fused-ring (bicyclic) bond motifs is 1. The van der Waals surface area contributed by atoms with Crippen LogP contribution in [0.2, 0.25) is 0 Å². The highest BCUT2D eigenvalue weighted by Gasteiger charge is 2.78. The fourth-order valence-corrected chi connectivity index (χ4v) is 9.66. The standard InChI is InChI=1S/C31H49N3O6S/c1-6-8-9-10-18-40-29(38)25-24-27(36)34(23(21-35)22(3)4)26(31(24)12-11-30(25,5)41-31)28(37)33(13-7-2)15-14-32-16-19-39-20-17-32/h6-7,22-26,35H,1-2,8-21H2,3-5H3/t23-,24-,25-,26?,30+,31?/m0/s1. The topological polar surface area (TPSA) is 99.6 Å². The van der Waals surface area contributed by atoms with Gasteiger partial charge < -0.3 is 24.4 Å². The lowest BCUT2D eigenvalue weighted by Gasteiger charge is -2.41. The molecule has 2 unspecified atom stereocenters. The van der Waals surface area contributed by atoms with Crippen LogP contribution in [0.5, 0.6) is 0 Å². The zero-order chi connectivity index (χ0) is 29.8. The van der Waals surface area contributed by atoms with Gasteiger partial charge in [-0.3, -0.25) is 19.3 Å². The molecule has 4 aliphatic heterocycles. The molecule has 0 aliphatic carbocycles. The zero-order valence-corrected chi connectivity index (χ0v) is 25.9. The summed E-state index contributed by atoms with van der Waals surface area (Å²) in [4.78, 5) is 48.4. The Labute approximate surface area is 249 Å². The number of esters is 1. The molecule has 10 heteroatoms. The summed E-state index contributed by atoms with van der Waals surface area (Å²) < 4.78 is 10.0. The van der Waals surface area contributed by atoms with Crippen LogP contribution in [0.3, 0.4) is 0 Å². The molecule has 6 atom stereocenters. The highest BCUT2D eigenvalue weighted by atomic mass is 32.2. The number of unbranched alkanes of at least 4 members (excludes halogenated alkanes) is 2. The summed E-state index contributed by atoms with van der Waals surface area (Å²) >= 11 is 1.64. The number of aliphatic hydroxyl groups excluding tert-OH is 1. The van der Waals surface area contributed by atoms with Crippen LogP contribution in [-0.2, 0) is 23.9 Å². The molecule has 0 aromatic rings. The molecule has 0 aromatic heterocycles. The summed E-state index contributed by atoms with van der Waals surface area (Å²) in [7, 11) is 0. The number of aliphatic hydroxyl groups is 1. The maximum Gasteiger partial charge on any atom is 0.311 e. The lowest BCUT2D eigenvalue weighted by atomic mass is 9.66. The molecule has 2 bridgehead atoms. The number of allylic oxidation sites excluding steroid dienone is 1. The van der Waals surface area contributed by atoms with E-state index in [1.807, 2.05) is 19.9 Å². The molecule has 9 nitrogen and oxygen atoms in total. The highest BCUT2D eigenvalue weighted by molar-refractivity contribution is 8.02. The molecule has 1 N–H and O–H groups in total. The number of ether oxygens (including phenoxy) is 2. The van der Waals surface area contributed by atoms with E-state index in [0.29, 0.717) is 45.9 Å². The minimum atomic E-state index is -0.763. The van der Waals surface area contributed by atoms with Crippen LogP contribution < -0.4 is 0 Å². The summed E-state index contributed by atoms with van der Waals surface area (Å²) in [6, 6.07) is -1.29. The van der Waals surface area contributed by atoms with Gasteiger partial charge in [-0.25, -0.2) is 0 Å². The van der Waals surface area contributed by atoms with E-state index < -0.39 is 33.4 Å². The molecule has 230 valence electrons. The van der Waals surface area contributed by atoms with E-state index in [4.69, 9.17) is 9.47 Å². The molecule has 0 aromatic carbocycles. The number of rotatable bonds is 15. The lowest BCUT2D eigenvalue weighted by Crippen LogP contribution is -2.59. The Kier molecular flexibility index (Phi) is 10.6. The van der Waals surface area contributed by atoms with Crippen LogP contribution >= 0.6 is 11.8 Å². The fraction of sp³-hybridized carbons (Fsp3) is 0.774. The number of nitrogens with zero attached hydrogens (tertiary/aromatic N) is 3. The van der Waals surface area contributed by atoms with Gasteiger partial charge in [-0.1, -0.05) is 26.0 Å². The third kappa shape index (κ3) is 6.12. The Bertz CT molecular complexity index is 987. The molecular weight excluding hydrogens is 542 g/mol.